The number of ether oxygens (including phenoxy) is 2. The molecule has 6 nitrogen and oxygen atoms in total. The van der Waals surface area contributed by atoms with Crippen molar-refractivity contribution in [2.75, 3.05) is 57.9 Å². The summed E-state index contributed by atoms with van der Waals surface area (Å²) in [5, 5.41) is 0. The highest BCUT2D eigenvalue weighted by molar-refractivity contribution is 5.77. The number of benzene rings is 2. The normalized spacial score (nSPS) is 18.3. The van der Waals surface area contributed by atoms with E-state index in [-0.39, 0.29) is 12.5 Å². The predicted molar refractivity (Wildman–Crippen MR) is 117 cm³/mol. The van der Waals surface area contributed by atoms with Gasteiger partial charge in [-0.05, 0) is 24.3 Å². The van der Waals surface area contributed by atoms with Gasteiger partial charge in [-0.25, -0.2) is 0 Å². The molecule has 2 saturated heterocycles. The van der Waals surface area contributed by atoms with E-state index in [9.17, 15) is 4.79 Å². The number of piperidine rings is 1. The SMILES string of the molecule is COc1ccccc1N1CC[NH+](C2CCN(C(=O)COc3ccccc3)CC2)CC1. The molecule has 0 saturated carbocycles. The van der Waals surface area contributed by atoms with Crippen LogP contribution in [0.5, 0.6) is 11.5 Å². The van der Waals surface area contributed by atoms with Crippen LogP contribution in [0.3, 0.4) is 0 Å². The van der Waals surface area contributed by atoms with Gasteiger partial charge in [-0.2, -0.15) is 0 Å². The summed E-state index contributed by atoms with van der Waals surface area (Å²) in [6.07, 6.45) is 2.14. The van der Waals surface area contributed by atoms with Crippen molar-refractivity contribution in [2.45, 2.75) is 18.9 Å². The lowest BCUT2D eigenvalue weighted by atomic mass is 10.0. The van der Waals surface area contributed by atoms with Crippen LogP contribution in [0.1, 0.15) is 12.8 Å². The molecule has 6 heteroatoms. The van der Waals surface area contributed by atoms with Crippen molar-refractivity contribution in [3.63, 3.8) is 0 Å². The van der Waals surface area contributed by atoms with Gasteiger partial charge in [0.15, 0.2) is 6.61 Å². The molecule has 30 heavy (non-hydrogen) atoms. The molecular formula is C24H32N3O3+. The third kappa shape index (κ3) is 4.87. The second kappa shape index (κ2) is 9.85. The van der Waals surface area contributed by atoms with Crippen molar-refractivity contribution in [3.8, 4) is 11.5 Å². The maximum Gasteiger partial charge on any atom is 0.260 e. The minimum absolute atomic E-state index is 0.0910. The van der Waals surface area contributed by atoms with Crippen molar-refractivity contribution in [3.05, 3.63) is 54.6 Å². The Bertz CT molecular complexity index is 813. The number of quaternary nitrogens is 1. The summed E-state index contributed by atoms with van der Waals surface area (Å²) in [5.74, 6) is 1.79. The smallest absolute Gasteiger partial charge is 0.260 e. The molecule has 2 aromatic rings. The Hall–Kier alpha value is -2.73. The molecular weight excluding hydrogens is 378 g/mol. The number of methoxy groups -OCH3 is 1. The summed E-state index contributed by atoms with van der Waals surface area (Å²) >= 11 is 0. The van der Waals surface area contributed by atoms with Gasteiger partial charge in [-0.15, -0.1) is 0 Å². The molecule has 2 aromatic carbocycles. The molecule has 0 spiro atoms. The molecule has 2 aliphatic rings. The van der Waals surface area contributed by atoms with Crippen molar-refractivity contribution in [1.29, 1.82) is 0 Å². The average molecular weight is 411 g/mol. The number of carbonyl (C=O) groups is 1. The van der Waals surface area contributed by atoms with Crippen LogP contribution < -0.4 is 19.3 Å². The lowest BCUT2D eigenvalue weighted by Crippen LogP contribution is -3.18. The van der Waals surface area contributed by atoms with Gasteiger partial charge in [-0.1, -0.05) is 30.3 Å². The van der Waals surface area contributed by atoms with Gasteiger partial charge in [0.25, 0.3) is 5.91 Å². The first-order valence-electron chi connectivity index (χ1n) is 10.9. The fraction of sp³-hybridized carbons (Fsp3) is 0.458. The fourth-order valence-corrected chi connectivity index (χ4v) is 4.62. The number of nitrogens with zero attached hydrogens (tertiary/aromatic N) is 2. The van der Waals surface area contributed by atoms with Crippen LogP contribution in [0.15, 0.2) is 54.6 Å². The van der Waals surface area contributed by atoms with Gasteiger partial charge in [0, 0.05) is 25.9 Å². The Balaban J connectivity index is 1.22. The first-order chi connectivity index (χ1) is 14.7. The average Bonchev–Trinajstić information content (AvgIpc) is 2.83. The molecule has 2 heterocycles. The van der Waals surface area contributed by atoms with E-state index >= 15 is 0 Å². The Labute approximate surface area is 179 Å². The number of piperazine rings is 1. The summed E-state index contributed by atoms with van der Waals surface area (Å²) in [6, 6.07) is 18.5. The number of hydrogen-bond acceptors (Lipinski definition) is 4. The summed E-state index contributed by atoms with van der Waals surface area (Å²) in [7, 11) is 1.74. The van der Waals surface area contributed by atoms with E-state index in [1.54, 1.807) is 12.0 Å². The maximum atomic E-state index is 12.5. The van der Waals surface area contributed by atoms with Gasteiger partial charge in [0.1, 0.15) is 11.5 Å². The zero-order chi connectivity index (χ0) is 20.8. The number of rotatable bonds is 6. The molecule has 0 bridgehead atoms. The maximum absolute atomic E-state index is 12.5. The highest BCUT2D eigenvalue weighted by Crippen LogP contribution is 2.27. The zero-order valence-electron chi connectivity index (χ0n) is 17.8. The summed E-state index contributed by atoms with van der Waals surface area (Å²) < 4.78 is 11.2. The van der Waals surface area contributed by atoms with Crippen LogP contribution in [-0.2, 0) is 4.79 Å². The summed E-state index contributed by atoms with van der Waals surface area (Å²) in [4.78, 5) is 18.6. The molecule has 0 radical (unpaired) electrons. The first-order valence-corrected chi connectivity index (χ1v) is 10.9. The third-order valence-electron chi connectivity index (χ3n) is 6.36. The molecule has 1 amide bonds. The number of hydrogen-bond donors (Lipinski definition) is 1. The molecule has 0 aliphatic carbocycles. The lowest BCUT2D eigenvalue weighted by molar-refractivity contribution is -0.927. The number of para-hydroxylation sites is 3. The summed E-state index contributed by atoms with van der Waals surface area (Å²) in [6.45, 7) is 6.14. The van der Waals surface area contributed by atoms with Crippen molar-refractivity contribution < 1.29 is 19.2 Å². The van der Waals surface area contributed by atoms with Crippen LogP contribution in [0.2, 0.25) is 0 Å². The zero-order valence-corrected chi connectivity index (χ0v) is 17.8. The van der Waals surface area contributed by atoms with Crippen LogP contribution >= 0.6 is 0 Å². The highest BCUT2D eigenvalue weighted by Gasteiger charge is 2.32. The molecule has 2 aliphatic heterocycles. The lowest BCUT2D eigenvalue weighted by Gasteiger charge is -2.41. The van der Waals surface area contributed by atoms with Crippen molar-refractivity contribution in [2.24, 2.45) is 0 Å². The Morgan fingerprint density at radius 3 is 2.33 bits per heavy atom. The van der Waals surface area contributed by atoms with E-state index in [1.807, 2.05) is 47.4 Å². The molecule has 0 aromatic heterocycles. The van der Waals surface area contributed by atoms with E-state index in [1.165, 1.54) is 5.69 Å². The van der Waals surface area contributed by atoms with Crippen molar-refractivity contribution in [1.82, 2.24) is 4.90 Å². The predicted octanol–water partition coefficient (Wildman–Crippen LogP) is 1.47. The summed E-state index contributed by atoms with van der Waals surface area (Å²) in [5.41, 5.74) is 1.19. The molecule has 0 unspecified atom stereocenters. The van der Waals surface area contributed by atoms with Crippen LogP contribution in [0.4, 0.5) is 5.69 Å². The van der Waals surface area contributed by atoms with Crippen LogP contribution in [-0.4, -0.2) is 69.8 Å². The van der Waals surface area contributed by atoms with Gasteiger partial charge in [0.05, 0.1) is 45.0 Å². The second-order valence-electron chi connectivity index (χ2n) is 8.07. The van der Waals surface area contributed by atoms with Gasteiger partial charge in [-0.3, -0.25) is 4.79 Å². The highest BCUT2D eigenvalue weighted by atomic mass is 16.5. The minimum atomic E-state index is 0.0910. The monoisotopic (exact) mass is 410 g/mol. The van der Waals surface area contributed by atoms with E-state index in [2.05, 4.69) is 17.0 Å². The van der Waals surface area contributed by atoms with Crippen LogP contribution in [0, 0.1) is 0 Å². The molecule has 4 rings (SSSR count). The van der Waals surface area contributed by atoms with E-state index in [4.69, 9.17) is 9.47 Å². The molecule has 2 fully saturated rings. The number of likely N-dealkylation sites (tertiary alicyclic amines) is 1. The number of nitrogens with one attached hydrogen (secondary N) is 1. The van der Waals surface area contributed by atoms with E-state index in [0.717, 1.165) is 63.6 Å². The van der Waals surface area contributed by atoms with Gasteiger partial charge >= 0.3 is 0 Å². The minimum Gasteiger partial charge on any atom is -0.495 e. The molecule has 160 valence electrons. The van der Waals surface area contributed by atoms with E-state index < -0.39 is 0 Å². The number of anilines is 1. The standard InChI is InChI=1S/C24H31N3O3/c1-29-23-10-6-5-9-22(23)26-17-15-25(16-18-26)20-11-13-27(14-12-20)24(28)19-30-21-7-3-2-4-8-21/h2-10,20H,11-19H2,1H3/p+1. The number of amides is 1. The second-order valence-corrected chi connectivity index (χ2v) is 8.07. The fourth-order valence-electron chi connectivity index (χ4n) is 4.62. The van der Waals surface area contributed by atoms with Crippen molar-refractivity contribution >= 4 is 11.6 Å². The number of carbonyl (C=O) groups excluding carboxylic acids is 1. The largest absolute Gasteiger partial charge is 0.495 e. The Morgan fingerprint density at radius 2 is 1.63 bits per heavy atom. The topological polar surface area (TPSA) is 46.5 Å². The van der Waals surface area contributed by atoms with Gasteiger partial charge in [0.2, 0.25) is 0 Å². The quantitative estimate of drug-likeness (QED) is 0.784. The van der Waals surface area contributed by atoms with Gasteiger partial charge < -0.3 is 24.2 Å². The molecule has 0 atom stereocenters. The Kier molecular flexibility index (Phi) is 6.74. The Morgan fingerprint density at radius 1 is 0.967 bits per heavy atom. The molecule has 1 N–H and O–H groups in total. The van der Waals surface area contributed by atoms with E-state index in [0.29, 0.717) is 6.04 Å². The third-order valence-corrected chi connectivity index (χ3v) is 6.36. The van der Waals surface area contributed by atoms with Crippen LogP contribution in [0.25, 0.3) is 0 Å². The first kappa shape index (κ1) is 20.5.